The highest BCUT2D eigenvalue weighted by Crippen LogP contribution is 2.26. The summed E-state index contributed by atoms with van der Waals surface area (Å²) in [5.41, 5.74) is 0.247. The maximum Gasteiger partial charge on any atom is 0.471 e. The van der Waals surface area contributed by atoms with Gasteiger partial charge in [-0.05, 0) is 22.6 Å². The Morgan fingerprint density at radius 1 is 1.44 bits per heavy atom. The second kappa shape index (κ2) is 4.53. The standard InChI is InChI=1S/C8H3ClF3IN4O/c9-4-3-2(13)1-14-5(3)16-7(15-4)17-6(18)8(10,11)12/h1H,(H2,14,15,16,17,18). The second-order valence-electron chi connectivity index (χ2n) is 3.15. The predicted octanol–water partition coefficient (Wildman–Crippen LogP) is 2.72. The minimum Gasteiger partial charge on any atom is -0.345 e. The lowest BCUT2D eigenvalue weighted by molar-refractivity contribution is -0.167. The number of anilines is 1. The molecule has 2 N–H and O–H groups in total. The molecule has 0 aliphatic rings. The summed E-state index contributed by atoms with van der Waals surface area (Å²) in [6, 6.07) is 0. The van der Waals surface area contributed by atoms with Gasteiger partial charge in [0.15, 0.2) is 0 Å². The number of halogens is 5. The molecule has 0 unspecified atom stereocenters. The van der Waals surface area contributed by atoms with E-state index in [1.165, 1.54) is 5.32 Å². The van der Waals surface area contributed by atoms with E-state index in [2.05, 4.69) is 15.0 Å². The number of hydrogen-bond donors (Lipinski definition) is 2. The van der Waals surface area contributed by atoms with Gasteiger partial charge in [0.1, 0.15) is 10.8 Å². The average molecular weight is 390 g/mol. The van der Waals surface area contributed by atoms with Gasteiger partial charge in [-0.1, -0.05) is 11.6 Å². The van der Waals surface area contributed by atoms with Crippen molar-refractivity contribution in [1.29, 1.82) is 0 Å². The fraction of sp³-hybridized carbons (Fsp3) is 0.125. The van der Waals surface area contributed by atoms with Crippen molar-refractivity contribution in [2.45, 2.75) is 6.18 Å². The van der Waals surface area contributed by atoms with Crippen LogP contribution in [0.2, 0.25) is 5.15 Å². The van der Waals surface area contributed by atoms with Gasteiger partial charge in [-0.2, -0.15) is 23.1 Å². The van der Waals surface area contributed by atoms with Crippen molar-refractivity contribution in [3.63, 3.8) is 0 Å². The molecule has 1 amide bonds. The van der Waals surface area contributed by atoms with E-state index >= 15 is 0 Å². The van der Waals surface area contributed by atoms with E-state index < -0.39 is 18.0 Å². The van der Waals surface area contributed by atoms with Crippen molar-refractivity contribution in [3.8, 4) is 0 Å². The minimum atomic E-state index is -5.01. The van der Waals surface area contributed by atoms with Gasteiger partial charge in [0.05, 0.1) is 5.39 Å². The van der Waals surface area contributed by atoms with E-state index in [0.29, 0.717) is 5.39 Å². The molecule has 0 aliphatic heterocycles. The summed E-state index contributed by atoms with van der Waals surface area (Å²) in [7, 11) is 0. The van der Waals surface area contributed by atoms with Gasteiger partial charge in [-0.15, -0.1) is 0 Å². The first-order valence-electron chi connectivity index (χ1n) is 4.37. The molecular formula is C8H3ClF3IN4O. The first kappa shape index (κ1) is 13.3. The lowest BCUT2D eigenvalue weighted by atomic mass is 10.4. The van der Waals surface area contributed by atoms with Gasteiger partial charge in [-0.25, -0.2) is 0 Å². The molecule has 0 fully saturated rings. The van der Waals surface area contributed by atoms with Crippen LogP contribution >= 0.6 is 34.2 Å². The Hall–Kier alpha value is -1.10. The van der Waals surface area contributed by atoms with Crippen LogP contribution in [0, 0.1) is 3.57 Å². The van der Waals surface area contributed by atoms with E-state index in [1.807, 2.05) is 22.6 Å². The number of nitrogens with one attached hydrogen (secondary N) is 2. The normalized spacial score (nSPS) is 11.8. The van der Waals surface area contributed by atoms with Gasteiger partial charge in [0.25, 0.3) is 0 Å². The number of aromatic nitrogens is 3. The van der Waals surface area contributed by atoms with Gasteiger partial charge < -0.3 is 4.98 Å². The Morgan fingerprint density at radius 3 is 2.72 bits per heavy atom. The fourth-order valence-electron chi connectivity index (χ4n) is 1.18. The van der Waals surface area contributed by atoms with Crippen molar-refractivity contribution in [3.05, 3.63) is 14.9 Å². The highest BCUT2D eigenvalue weighted by molar-refractivity contribution is 14.1. The Balaban J connectivity index is 2.39. The Morgan fingerprint density at radius 2 is 2.11 bits per heavy atom. The van der Waals surface area contributed by atoms with E-state index in [0.717, 1.165) is 3.57 Å². The molecule has 0 saturated carbocycles. The molecule has 10 heteroatoms. The van der Waals surface area contributed by atoms with Crippen molar-refractivity contribution >= 4 is 57.1 Å². The van der Waals surface area contributed by atoms with E-state index in [4.69, 9.17) is 11.6 Å². The van der Waals surface area contributed by atoms with Gasteiger partial charge in [-0.3, -0.25) is 10.1 Å². The van der Waals surface area contributed by atoms with Crippen molar-refractivity contribution in [1.82, 2.24) is 15.0 Å². The molecule has 0 saturated heterocycles. The molecule has 2 aromatic heterocycles. The van der Waals surface area contributed by atoms with Crippen LogP contribution in [0.5, 0.6) is 0 Å². The van der Waals surface area contributed by atoms with Crippen LogP contribution < -0.4 is 5.32 Å². The van der Waals surface area contributed by atoms with Crippen LogP contribution in [0.3, 0.4) is 0 Å². The topological polar surface area (TPSA) is 70.7 Å². The molecule has 0 aliphatic carbocycles. The Bertz CT molecular complexity index is 627. The molecule has 0 atom stereocenters. The van der Waals surface area contributed by atoms with Crippen LogP contribution in [0.1, 0.15) is 0 Å². The quantitative estimate of drug-likeness (QED) is 0.581. The van der Waals surface area contributed by atoms with Crippen molar-refractivity contribution < 1.29 is 18.0 Å². The molecule has 96 valence electrons. The SMILES string of the molecule is O=C(Nc1nc(Cl)c2c(I)c[nH]c2n1)C(F)(F)F. The largest absolute Gasteiger partial charge is 0.471 e. The van der Waals surface area contributed by atoms with Crippen LogP contribution in [-0.2, 0) is 4.79 Å². The summed E-state index contributed by atoms with van der Waals surface area (Å²) in [5, 5.41) is 1.98. The van der Waals surface area contributed by atoms with Crippen LogP contribution in [-0.4, -0.2) is 27.0 Å². The number of rotatable bonds is 1. The Kier molecular flexibility index (Phi) is 3.36. The maximum absolute atomic E-state index is 12.0. The molecule has 0 aromatic carbocycles. The fourth-order valence-corrected chi connectivity index (χ4v) is 2.28. The van der Waals surface area contributed by atoms with Crippen molar-refractivity contribution in [2.24, 2.45) is 0 Å². The smallest absolute Gasteiger partial charge is 0.345 e. The van der Waals surface area contributed by atoms with E-state index in [1.54, 1.807) is 6.20 Å². The first-order chi connectivity index (χ1) is 8.29. The molecule has 18 heavy (non-hydrogen) atoms. The predicted molar refractivity (Wildman–Crippen MR) is 66.3 cm³/mol. The number of hydrogen-bond acceptors (Lipinski definition) is 3. The summed E-state index contributed by atoms with van der Waals surface area (Å²) in [6.07, 6.45) is -3.43. The molecule has 2 aromatic rings. The average Bonchev–Trinajstić information content (AvgIpc) is 2.59. The number of fused-ring (bicyclic) bond motifs is 1. The summed E-state index contributed by atoms with van der Waals surface area (Å²) >= 11 is 7.76. The zero-order chi connectivity index (χ0) is 13.5. The van der Waals surface area contributed by atoms with Gasteiger partial charge in [0.2, 0.25) is 5.95 Å². The first-order valence-corrected chi connectivity index (χ1v) is 5.83. The zero-order valence-electron chi connectivity index (χ0n) is 8.27. The minimum absolute atomic E-state index is 0.0388. The molecular weight excluding hydrogens is 387 g/mol. The number of carbonyl (C=O) groups excluding carboxylic acids is 1. The number of H-pyrrole nitrogens is 1. The molecule has 0 bridgehead atoms. The molecule has 0 spiro atoms. The van der Waals surface area contributed by atoms with E-state index in [-0.39, 0.29) is 10.8 Å². The number of aromatic amines is 1. The molecule has 0 radical (unpaired) electrons. The van der Waals surface area contributed by atoms with E-state index in [9.17, 15) is 18.0 Å². The summed E-state index contributed by atoms with van der Waals surface area (Å²) < 4.78 is 36.9. The number of carbonyl (C=O) groups is 1. The van der Waals surface area contributed by atoms with Crippen molar-refractivity contribution in [2.75, 3.05) is 5.32 Å². The number of amides is 1. The van der Waals surface area contributed by atoms with Crippen LogP contribution in [0.15, 0.2) is 6.20 Å². The van der Waals surface area contributed by atoms with Gasteiger partial charge >= 0.3 is 12.1 Å². The third-order valence-corrected chi connectivity index (χ3v) is 3.05. The molecule has 5 nitrogen and oxygen atoms in total. The second-order valence-corrected chi connectivity index (χ2v) is 4.67. The Labute approximate surface area is 116 Å². The molecule has 2 heterocycles. The maximum atomic E-state index is 12.0. The zero-order valence-corrected chi connectivity index (χ0v) is 11.2. The van der Waals surface area contributed by atoms with Gasteiger partial charge in [0, 0.05) is 9.77 Å². The summed E-state index contributed by atoms with van der Waals surface area (Å²) in [5.74, 6) is -2.66. The van der Waals surface area contributed by atoms with Crippen LogP contribution in [0.4, 0.5) is 19.1 Å². The summed E-state index contributed by atoms with van der Waals surface area (Å²) in [4.78, 5) is 20.7. The lowest BCUT2D eigenvalue weighted by Gasteiger charge is -2.06. The molecule has 2 rings (SSSR count). The number of nitrogens with zero attached hydrogens (tertiary/aromatic N) is 2. The number of alkyl halides is 3. The highest BCUT2D eigenvalue weighted by Gasteiger charge is 2.39. The third-order valence-electron chi connectivity index (χ3n) is 1.92. The van der Waals surface area contributed by atoms with Crippen LogP contribution in [0.25, 0.3) is 11.0 Å². The lowest BCUT2D eigenvalue weighted by Crippen LogP contribution is -2.30. The summed E-state index contributed by atoms with van der Waals surface area (Å²) in [6.45, 7) is 0. The third kappa shape index (κ3) is 2.51. The monoisotopic (exact) mass is 390 g/mol. The highest BCUT2D eigenvalue weighted by atomic mass is 127.